The number of hydrazone groups is 1. The van der Waals surface area contributed by atoms with Crippen molar-refractivity contribution in [1.82, 2.24) is 5.43 Å². The van der Waals surface area contributed by atoms with Crippen molar-refractivity contribution in [1.29, 1.82) is 0 Å². The number of nitrogens with zero attached hydrogens (tertiary/aromatic N) is 1. The summed E-state index contributed by atoms with van der Waals surface area (Å²) in [6.45, 7) is 2.14. The quantitative estimate of drug-likeness (QED) is 0.180. The third-order valence-corrected chi connectivity index (χ3v) is 4.52. The zero-order chi connectivity index (χ0) is 23.6. The number of ether oxygens (including phenoxy) is 2. The number of hydrogen-bond acceptors (Lipinski definition) is 6. The first-order valence-electron chi connectivity index (χ1n) is 9.91. The Bertz CT molecular complexity index is 1180. The van der Waals surface area contributed by atoms with E-state index in [1.54, 1.807) is 79.7 Å². The third-order valence-electron chi connectivity index (χ3n) is 4.19. The lowest BCUT2D eigenvalue weighted by atomic mass is 10.2. The molecule has 0 aliphatic heterocycles. The van der Waals surface area contributed by atoms with Crippen LogP contribution in [0.4, 0.5) is 5.69 Å². The first-order chi connectivity index (χ1) is 16.0. The second-order valence-electron chi connectivity index (χ2n) is 6.53. The Labute approximate surface area is 195 Å². The van der Waals surface area contributed by atoms with Gasteiger partial charge in [-0.05, 0) is 55.0 Å². The van der Waals surface area contributed by atoms with Crippen molar-refractivity contribution < 1.29 is 23.9 Å². The minimum atomic E-state index is -0.968. The van der Waals surface area contributed by atoms with Crippen molar-refractivity contribution >= 4 is 41.3 Å². The van der Waals surface area contributed by atoms with Gasteiger partial charge in [-0.15, -0.1) is 0 Å². The van der Waals surface area contributed by atoms with Crippen LogP contribution in [0.25, 0.3) is 0 Å². The highest BCUT2D eigenvalue weighted by atomic mass is 35.5. The number of halogens is 1. The van der Waals surface area contributed by atoms with Gasteiger partial charge in [0.15, 0.2) is 11.5 Å². The van der Waals surface area contributed by atoms with Crippen molar-refractivity contribution in [3.63, 3.8) is 0 Å². The first kappa shape index (κ1) is 23.5. The van der Waals surface area contributed by atoms with Gasteiger partial charge in [0, 0.05) is 0 Å². The fraction of sp³-hybridized carbons (Fsp3) is 0.0833. The van der Waals surface area contributed by atoms with Crippen molar-refractivity contribution in [2.45, 2.75) is 6.92 Å². The van der Waals surface area contributed by atoms with Crippen molar-refractivity contribution in [2.75, 3.05) is 11.9 Å². The predicted octanol–water partition coefficient (Wildman–Crippen LogP) is 4.05. The lowest BCUT2D eigenvalue weighted by Gasteiger charge is -2.11. The van der Waals surface area contributed by atoms with Crippen LogP contribution in [-0.4, -0.2) is 30.6 Å². The zero-order valence-corrected chi connectivity index (χ0v) is 18.3. The topological polar surface area (TPSA) is 106 Å². The van der Waals surface area contributed by atoms with Gasteiger partial charge in [-0.2, -0.15) is 5.10 Å². The Hall–Kier alpha value is -4.17. The van der Waals surface area contributed by atoms with E-state index in [0.717, 1.165) is 0 Å². The molecule has 0 bridgehead atoms. The number of rotatable bonds is 7. The number of carbonyl (C=O) groups is 3. The Balaban J connectivity index is 1.63. The highest BCUT2D eigenvalue weighted by Crippen LogP contribution is 2.29. The number of benzene rings is 3. The fourth-order valence-corrected chi connectivity index (χ4v) is 2.83. The molecule has 168 valence electrons. The summed E-state index contributed by atoms with van der Waals surface area (Å²) in [6, 6.07) is 19.9. The van der Waals surface area contributed by atoms with E-state index in [9.17, 15) is 14.4 Å². The molecule has 0 fully saturated rings. The minimum Gasteiger partial charge on any atom is -0.490 e. The summed E-state index contributed by atoms with van der Waals surface area (Å²) >= 11 is 5.96. The summed E-state index contributed by atoms with van der Waals surface area (Å²) in [5.41, 5.74) is 3.40. The third kappa shape index (κ3) is 6.65. The molecule has 0 radical (unpaired) electrons. The molecule has 9 heteroatoms. The summed E-state index contributed by atoms with van der Waals surface area (Å²) in [5.74, 6) is -1.84. The SMILES string of the molecule is CCOc1cc(/C=N\NC(=O)C(=O)Nc2ccccc2Cl)ccc1OC(=O)c1ccccc1. The van der Waals surface area contributed by atoms with E-state index in [1.807, 2.05) is 0 Å². The maximum absolute atomic E-state index is 12.3. The zero-order valence-electron chi connectivity index (χ0n) is 17.6. The van der Waals surface area contributed by atoms with Crippen LogP contribution in [0.5, 0.6) is 11.5 Å². The molecule has 3 aromatic carbocycles. The standard InChI is InChI=1S/C24H20ClN3O5/c1-2-32-21-14-16(12-13-20(21)33-24(31)17-8-4-3-5-9-17)15-26-28-23(30)22(29)27-19-11-7-6-10-18(19)25/h3-15H,2H2,1H3,(H,27,29)(H,28,30)/b26-15-. The van der Waals surface area contributed by atoms with E-state index < -0.39 is 17.8 Å². The molecule has 0 unspecified atom stereocenters. The van der Waals surface area contributed by atoms with Crippen LogP contribution in [-0.2, 0) is 9.59 Å². The molecule has 33 heavy (non-hydrogen) atoms. The number of para-hydroxylation sites is 1. The van der Waals surface area contributed by atoms with Crippen LogP contribution in [0.3, 0.4) is 0 Å². The van der Waals surface area contributed by atoms with Gasteiger partial charge in [-0.3, -0.25) is 9.59 Å². The van der Waals surface area contributed by atoms with Crippen LogP contribution >= 0.6 is 11.6 Å². The maximum atomic E-state index is 12.3. The van der Waals surface area contributed by atoms with Crippen molar-refractivity contribution in [2.24, 2.45) is 5.10 Å². The van der Waals surface area contributed by atoms with Gasteiger partial charge in [0.05, 0.1) is 29.1 Å². The molecule has 0 aromatic heterocycles. The number of anilines is 1. The molecule has 3 aromatic rings. The summed E-state index contributed by atoms with van der Waals surface area (Å²) in [6.07, 6.45) is 1.33. The summed E-state index contributed by atoms with van der Waals surface area (Å²) in [4.78, 5) is 36.3. The summed E-state index contributed by atoms with van der Waals surface area (Å²) in [5, 5.41) is 6.49. The molecule has 3 rings (SSSR count). The van der Waals surface area contributed by atoms with Crippen LogP contribution in [0.1, 0.15) is 22.8 Å². The van der Waals surface area contributed by atoms with Gasteiger partial charge in [0.25, 0.3) is 0 Å². The molecule has 2 N–H and O–H groups in total. The highest BCUT2D eigenvalue weighted by Gasteiger charge is 2.15. The maximum Gasteiger partial charge on any atom is 0.343 e. The number of nitrogens with one attached hydrogen (secondary N) is 2. The van der Waals surface area contributed by atoms with Gasteiger partial charge in [0.1, 0.15) is 0 Å². The highest BCUT2D eigenvalue weighted by molar-refractivity contribution is 6.41. The average molecular weight is 466 g/mol. The Morgan fingerprint density at radius 3 is 2.39 bits per heavy atom. The lowest BCUT2D eigenvalue weighted by Crippen LogP contribution is -2.32. The molecule has 0 spiro atoms. The van der Waals surface area contributed by atoms with E-state index in [1.165, 1.54) is 6.21 Å². The summed E-state index contributed by atoms with van der Waals surface area (Å²) < 4.78 is 11.0. The normalized spacial score (nSPS) is 10.5. The predicted molar refractivity (Wildman–Crippen MR) is 125 cm³/mol. The summed E-state index contributed by atoms with van der Waals surface area (Å²) in [7, 11) is 0. The van der Waals surface area contributed by atoms with E-state index in [-0.39, 0.29) is 5.75 Å². The Morgan fingerprint density at radius 2 is 1.67 bits per heavy atom. The second kappa shape index (κ2) is 11.4. The van der Waals surface area contributed by atoms with Crippen LogP contribution < -0.4 is 20.2 Å². The lowest BCUT2D eigenvalue weighted by molar-refractivity contribution is -0.136. The largest absolute Gasteiger partial charge is 0.490 e. The van der Waals surface area contributed by atoms with E-state index in [4.69, 9.17) is 21.1 Å². The average Bonchev–Trinajstić information content (AvgIpc) is 2.82. The van der Waals surface area contributed by atoms with E-state index in [0.29, 0.717) is 34.2 Å². The van der Waals surface area contributed by atoms with Gasteiger partial charge in [-0.1, -0.05) is 41.9 Å². The van der Waals surface area contributed by atoms with Crippen molar-refractivity contribution in [3.8, 4) is 11.5 Å². The molecular weight excluding hydrogens is 446 g/mol. The molecule has 0 saturated heterocycles. The van der Waals surface area contributed by atoms with E-state index >= 15 is 0 Å². The molecule has 0 aliphatic rings. The Morgan fingerprint density at radius 1 is 0.939 bits per heavy atom. The van der Waals surface area contributed by atoms with Gasteiger partial charge in [-0.25, -0.2) is 10.2 Å². The minimum absolute atomic E-state index is 0.242. The number of carbonyl (C=O) groups excluding carboxylic acids is 3. The Kier molecular flexibility index (Phi) is 8.15. The molecule has 0 atom stereocenters. The van der Waals surface area contributed by atoms with Gasteiger partial charge < -0.3 is 14.8 Å². The molecule has 0 saturated carbocycles. The number of hydrogen-bond donors (Lipinski definition) is 2. The number of amides is 2. The smallest absolute Gasteiger partial charge is 0.343 e. The van der Waals surface area contributed by atoms with Gasteiger partial charge in [0.2, 0.25) is 0 Å². The molecule has 8 nitrogen and oxygen atoms in total. The van der Waals surface area contributed by atoms with Crippen LogP contribution in [0, 0.1) is 0 Å². The van der Waals surface area contributed by atoms with Crippen LogP contribution in [0.15, 0.2) is 77.9 Å². The van der Waals surface area contributed by atoms with E-state index in [2.05, 4.69) is 15.8 Å². The fourth-order valence-electron chi connectivity index (χ4n) is 2.65. The van der Waals surface area contributed by atoms with Crippen molar-refractivity contribution in [3.05, 3.63) is 88.9 Å². The second-order valence-corrected chi connectivity index (χ2v) is 6.94. The molecule has 0 heterocycles. The van der Waals surface area contributed by atoms with Gasteiger partial charge >= 0.3 is 17.8 Å². The van der Waals surface area contributed by atoms with Crippen LogP contribution in [0.2, 0.25) is 5.02 Å². The molecular formula is C24H20ClN3O5. The molecule has 0 aliphatic carbocycles. The number of esters is 1. The first-order valence-corrected chi connectivity index (χ1v) is 10.3. The molecule has 2 amide bonds. The monoisotopic (exact) mass is 465 g/mol.